The van der Waals surface area contributed by atoms with Gasteiger partial charge in [0.15, 0.2) is 17.3 Å². The molecule has 0 N–H and O–H groups in total. The van der Waals surface area contributed by atoms with Crippen molar-refractivity contribution in [3.63, 3.8) is 0 Å². The smallest absolute Gasteiger partial charge is 0.231 e. The molecule has 4 rings (SSSR count). The van der Waals surface area contributed by atoms with Gasteiger partial charge in [0.05, 0.1) is 17.5 Å². The number of hydrogen-bond acceptors (Lipinski definition) is 6. The van der Waals surface area contributed by atoms with Crippen molar-refractivity contribution in [2.75, 3.05) is 6.79 Å². The van der Waals surface area contributed by atoms with E-state index in [1.54, 1.807) is 30.2 Å². The molecule has 3 aromatic rings. The van der Waals surface area contributed by atoms with E-state index < -0.39 is 0 Å². The molecule has 7 heteroatoms. The minimum Gasteiger partial charge on any atom is -0.454 e. The van der Waals surface area contributed by atoms with Crippen LogP contribution < -0.4 is 9.47 Å². The number of aryl methyl sites for hydroxylation is 1. The standard InChI is InChI=1S/C17H13N3O3S/c1-20-8-12(7-18-20)14(21)4-3-13-9-24-17(19-13)11-2-5-15-16(6-11)23-10-22-15/h2-9H,10H2,1H3/b4-3-. The number of hydrogen-bond donors (Lipinski definition) is 0. The van der Waals surface area contributed by atoms with E-state index in [0.717, 1.165) is 27.8 Å². The van der Waals surface area contributed by atoms with Crippen LogP contribution in [0.1, 0.15) is 16.1 Å². The van der Waals surface area contributed by atoms with Crippen molar-refractivity contribution in [1.82, 2.24) is 14.8 Å². The molecule has 1 aromatic carbocycles. The normalized spacial score (nSPS) is 12.9. The van der Waals surface area contributed by atoms with E-state index in [2.05, 4.69) is 10.1 Å². The highest BCUT2D eigenvalue weighted by Crippen LogP contribution is 2.36. The number of ether oxygens (including phenoxy) is 2. The van der Waals surface area contributed by atoms with Gasteiger partial charge in [-0.2, -0.15) is 5.10 Å². The van der Waals surface area contributed by atoms with Crippen LogP contribution in [-0.2, 0) is 7.05 Å². The van der Waals surface area contributed by atoms with E-state index in [-0.39, 0.29) is 12.6 Å². The third kappa shape index (κ3) is 2.81. The van der Waals surface area contributed by atoms with Gasteiger partial charge in [0.2, 0.25) is 6.79 Å². The van der Waals surface area contributed by atoms with Crippen LogP contribution in [-0.4, -0.2) is 27.3 Å². The SMILES string of the molecule is Cn1cc(C(=O)/C=C\c2csc(-c3ccc4c(c3)OCO4)n2)cn1. The molecule has 1 aliphatic heterocycles. The van der Waals surface area contributed by atoms with Crippen molar-refractivity contribution in [3.05, 3.63) is 53.3 Å². The molecule has 3 heterocycles. The Bertz CT molecular complexity index is 942. The fourth-order valence-corrected chi connectivity index (χ4v) is 3.12. The molecule has 0 aliphatic carbocycles. The van der Waals surface area contributed by atoms with Gasteiger partial charge < -0.3 is 9.47 Å². The fourth-order valence-electron chi connectivity index (χ4n) is 2.33. The van der Waals surface area contributed by atoms with Crippen molar-refractivity contribution >= 4 is 23.2 Å². The number of carbonyl (C=O) groups is 1. The van der Waals surface area contributed by atoms with Crippen LogP contribution in [0.2, 0.25) is 0 Å². The van der Waals surface area contributed by atoms with E-state index in [0.29, 0.717) is 5.56 Å². The van der Waals surface area contributed by atoms with Crippen molar-refractivity contribution < 1.29 is 14.3 Å². The van der Waals surface area contributed by atoms with Gasteiger partial charge in [-0.25, -0.2) is 4.98 Å². The number of rotatable bonds is 4. The maximum absolute atomic E-state index is 12.0. The van der Waals surface area contributed by atoms with Gasteiger partial charge in [0, 0.05) is 24.2 Å². The first-order valence-electron chi connectivity index (χ1n) is 7.26. The minimum atomic E-state index is -0.0965. The Morgan fingerprint density at radius 1 is 1.33 bits per heavy atom. The van der Waals surface area contributed by atoms with Crippen molar-refractivity contribution in [2.45, 2.75) is 0 Å². The molecular weight excluding hydrogens is 326 g/mol. The summed E-state index contributed by atoms with van der Waals surface area (Å²) in [6.45, 7) is 0.251. The summed E-state index contributed by atoms with van der Waals surface area (Å²) in [6, 6.07) is 5.73. The summed E-state index contributed by atoms with van der Waals surface area (Å²) in [4.78, 5) is 16.6. The van der Waals surface area contributed by atoms with Crippen molar-refractivity contribution in [3.8, 4) is 22.1 Å². The maximum atomic E-state index is 12.0. The Morgan fingerprint density at radius 3 is 3.04 bits per heavy atom. The Hall–Kier alpha value is -2.93. The van der Waals surface area contributed by atoms with E-state index >= 15 is 0 Å². The summed E-state index contributed by atoms with van der Waals surface area (Å²) < 4.78 is 12.3. The Kier molecular flexibility index (Phi) is 3.62. The van der Waals surface area contributed by atoms with E-state index in [1.807, 2.05) is 23.6 Å². The second-order valence-electron chi connectivity index (χ2n) is 5.25. The van der Waals surface area contributed by atoms with Gasteiger partial charge in [0.1, 0.15) is 5.01 Å². The molecule has 24 heavy (non-hydrogen) atoms. The summed E-state index contributed by atoms with van der Waals surface area (Å²) in [5.74, 6) is 1.38. The van der Waals surface area contributed by atoms with Crippen LogP contribution in [0.5, 0.6) is 11.5 Å². The zero-order valence-electron chi connectivity index (χ0n) is 12.8. The summed E-state index contributed by atoms with van der Waals surface area (Å²) in [7, 11) is 1.78. The van der Waals surface area contributed by atoms with Crippen LogP contribution in [0.3, 0.4) is 0 Å². The number of benzene rings is 1. The summed E-state index contributed by atoms with van der Waals surface area (Å²) in [5, 5.41) is 6.76. The molecule has 0 amide bonds. The third-order valence-corrected chi connectivity index (χ3v) is 4.45. The van der Waals surface area contributed by atoms with Crippen molar-refractivity contribution in [2.24, 2.45) is 7.05 Å². The Balaban J connectivity index is 1.52. The Labute approximate surface area is 142 Å². The van der Waals surface area contributed by atoms with Gasteiger partial charge in [-0.05, 0) is 30.4 Å². The maximum Gasteiger partial charge on any atom is 0.231 e. The lowest BCUT2D eigenvalue weighted by Crippen LogP contribution is -1.92. The van der Waals surface area contributed by atoms with Gasteiger partial charge in [0.25, 0.3) is 0 Å². The number of allylic oxidation sites excluding steroid dienone is 1. The molecule has 0 unspecified atom stereocenters. The largest absolute Gasteiger partial charge is 0.454 e. The first-order chi connectivity index (χ1) is 11.7. The average Bonchev–Trinajstić information content (AvgIpc) is 3.32. The third-order valence-electron chi connectivity index (χ3n) is 3.54. The molecule has 120 valence electrons. The van der Waals surface area contributed by atoms with Crippen molar-refractivity contribution in [1.29, 1.82) is 0 Å². The fraction of sp³-hybridized carbons (Fsp3) is 0.118. The van der Waals surface area contributed by atoms with Gasteiger partial charge in [-0.1, -0.05) is 0 Å². The van der Waals surface area contributed by atoms with E-state index in [9.17, 15) is 4.79 Å². The van der Waals surface area contributed by atoms with Crippen LogP contribution in [0.25, 0.3) is 16.6 Å². The molecule has 6 nitrogen and oxygen atoms in total. The molecule has 1 aliphatic rings. The molecule has 0 atom stereocenters. The molecule has 0 radical (unpaired) electrons. The Morgan fingerprint density at radius 2 is 2.21 bits per heavy atom. The number of fused-ring (bicyclic) bond motifs is 1. The zero-order valence-corrected chi connectivity index (χ0v) is 13.6. The summed E-state index contributed by atoms with van der Waals surface area (Å²) >= 11 is 1.51. The molecular formula is C17H13N3O3S. The van der Waals surface area contributed by atoms with Crippen LogP contribution in [0, 0.1) is 0 Å². The first-order valence-corrected chi connectivity index (χ1v) is 8.13. The number of thiazole rings is 1. The molecule has 0 bridgehead atoms. The topological polar surface area (TPSA) is 66.2 Å². The first kappa shape index (κ1) is 14.6. The van der Waals surface area contributed by atoms with Crippen LogP contribution in [0.4, 0.5) is 0 Å². The number of carbonyl (C=O) groups excluding carboxylic acids is 1. The summed E-state index contributed by atoms with van der Waals surface area (Å²) in [6.07, 6.45) is 6.45. The van der Waals surface area contributed by atoms with E-state index in [4.69, 9.17) is 9.47 Å². The summed E-state index contributed by atoms with van der Waals surface area (Å²) in [5.41, 5.74) is 2.26. The highest BCUT2D eigenvalue weighted by Gasteiger charge is 2.15. The molecule has 2 aromatic heterocycles. The zero-order chi connectivity index (χ0) is 16.5. The highest BCUT2D eigenvalue weighted by molar-refractivity contribution is 7.13. The monoisotopic (exact) mass is 339 g/mol. The molecule has 0 spiro atoms. The lowest BCUT2D eigenvalue weighted by atomic mass is 10.2. The molecule has 0 saturated heterocycles. The number of aromatic nitrogens is 3. The second-order valence-corrected chi connectivity index (χ2v) is 6.10. The lowest BCUT2D eigenvalue weighted by Gasteiger charge is -1.98. The molecule has 0 saturated carbocycles. The molecule has 0 fully saturated rings. The van der Waals surface area contributed by atoms with Gasteiger partial charge in [-0.15, -0.1) is 11.3 Å². The minimum absolute atomic E-state index is 0.0965. The predicted molar refractivity (Wildman–Crippen MR) is 90.2 cm³/mol. The number of ketones is 1. The lowest BCUT2D eigenvalue weighted by molar-refractivity contribution is 0.104. The predicted octanol–water partition coefficient (Wildman–Crippen LogP) is 3.17. The average molecular weight is 339 g/mol. The second kappa shape index (κ2) is 5.93. The van der Waals surface area contributed by atoms with E-state index in [1.165, 1.54) is 17.4 Å². The quantitative estimate of drug-likeness (QED) is 0.539. The van der Waals surface area contributed by atoms with Gasteiger partial charge >= 0.3 is 0 Å². The van der Waals surface area contributed by atoms with Crippen LogP contribution >= 0.6 is 11.3 Å². The van der Waals surface area contributed by atoms with Gasteiger partial charge in [-0.3, -0.25) is 9.48 Å². The number of nitrogens with zero attached hydrogens (tertiary/aromatic N) is 3. The highest BCUT2D eigenvalue weighted by atomic mass is 32.1. The van der Waals surface area contributed by atoms with Crippen LogP contribution in [0.15, 0.2) is 42.0 Å².